The fourth-order valence-corrected chi connectivity index (χ4v) is 2.51. The van der Waals surface area contributed by atoms with Gasteiger partial charge in [0.1, 0.15) is 0 Å². The Bertz CT molecular complexity index is 221. The predicted molar refractivity (Wildman–Crippen MR) is 70.4 cm³/mol. The van der Waals surface area contributed by atoms with Gasteiger partial charge in [0.05, 0.1) is 12.7 Å². The van der Waals surface area contributed by atoms with Gasteiger partial charge in [-0.25, -0.2) is 0 Å². The van der Waals surface area contributed by atoms with Crippen molar-refractivity contribution in [2.24, 2.45) is 0 Å². The molecule has 1 aliphatic carbocycles. The van der Waals surface area contributed by atoms with Gasteiger partial charge < -0.3 is 15.0 Å². The molecule has 0 radical (unpaired) electrons. The number of hydrogen-bond donors (Lipinski definition) is 1. The van der Waals surface area contributed by atoms with Gasteiger partial charge in [-0.15, -0.1) is 0 Å². The Morgan fingerprint density at radius 2 is 2.24 bits per heavy atom. The second-order valence-corrected chi connectivity index (χ2v) is 5.32. The van der Waals surface area contributed by atoms with Gasteiger partial charge in [0.25, 0.3) is 0 Å². The molecule has 0 aromatic heterocycles. The zero-order chi connectivity index (χ0) is 12.1. The van der Waals surface area contributed by atoms with Gasteiger partial charge in [0.15, 0.2) is 0 Å². The smallest absolute Gasteiger partial charge is 0.0826 e. The SMILES string of the molecule is CCN(CCNCC1CN(C)CCO1)C1CC1. The maximum Gasteiger partial charge on any atom is 0.0826 e. The average molecular weight is 241 g/mol. The summed E-state index contributed by atoms with van der Waals surface area (Å²) in [6.07, 6.45) is 3.19. The van der Waals surface area contributed by atoms with Gasteiger partial charge in [-0.1, -0.05) is 6.92 Å². The van der Waals surface area contributed by atoms with Crippen LogP contribution < -0.4 is 5.32 Å². The number of hydrogen-bond acceptors (Lipinski definition) is 4. The highest BCUT2D eigenvalue weighted by Crippen LogP contribution is 2.25. The topological polar surface area (TPSA) is 27.7 Å². The van der Waals surface area contributed by atoms with E-state index in [1.54, 1.807) is 0 Å². The highest BCUT2D eigenvalue weighted by molar-refractivity contribution is 4.84. The molecule has 1 atom stereocenters. The van der Waals surface area contributed by atoms with E-state index in [0.717, 1.165) is 38.8 Å². The molecule has 17 heavy (non-hydrogen) atoms. The molecule has 2 rings (SSSR count). The Hall–Kier alpha value is -0.160. The molecule has 100 valence electrons. The molecule has 0 spiro atoms. The van der Waals surface area contributed by atoms with Crippen molar-refractivity contribution in [1.29, 1.82) is 0 Å². The Kier molecular flexibility index (Phi) is 5.22. The van der Waals surface area contributed by atoms with E-state index in [9.17, 15) is 0 Å². The number of nitrogens with zero attached hydrogens (tertiary/aromatic N) is 2. The third-order valence-corrected chi connectivity index (χ3v) is 3.76. The standard InChI is InChI=1S/C13H27N3O/c1-3-16(12-4-5-12)7-6-14-10-13-11-15(2)8-9-17-13/h12-14H,3-11H2,1-2H3. The Labute approximate surface area is 105 Å². The first kappa shape index (κ1) is 13.3. The molecule has 1 saturated heterocycles. The minimum atomic E-state index is 0.379. The van der Waals surface area contributed by atoms with Crippen LogP contribution in [0.4, 0.5) is 0 Å². The van der Waals surface area contributed by atoms with E-state index in [4.69, 9.17) is 4.74 Å². The summed E-state index contributed by atoms with van der Waals surface area (Å²) in [5, 5.41) is 3.53. The summed E-state index contributed by atoms with van der Waals surface area (Å²) in [6.45, 7) is 9.73. The molecule has 1 saturated carbocycles. The summed E-state index contributed by atoms with van der Waals surface area (Å²) in [5.74, 6) is 0. The first-order valence-corrected chi connectivity index (χ1v) is 7.04. The number of rotatable bonds is 7. The van der Waals surface area contributed by atoms with Crippen LogP contribution in [0.3, 0.4) is 0 Å². The van der Waals surface area contributed by atoms with Crippen LogP contribution in [0.2, 0.25) is 0 Å². The molecule has 2 fully saturated rings. The van der Waals surface area contributed by atoms with Gasteiger partial charge >= 0.3 is 0 Å². The van der Waals surface area contributed by atoms with E-state index >= 15 is 0 Å². The molecule has 0 bridgehead atoms. The van der Waals surface area contributed by atoms with E-state index in [1.807, 2.05) is 0 Å². The molecule has 4 heteroatoms. The van der Waals surface area contributed by atoms with Gasteiger partial charge in [0, 0.05) is 38.8 Å². The lowest BCUT2D eigenvalue weighted by molar-refractivity contribution is -0.0181. The molecule has 1 unspecified atom stereocenters. The van der Waals surface area contributed by atoms with E-state index in [1.165, 1.54) is 25.9 Å². The third kappa shape index (κ3) is 4.54. The van der Waals surface area contributed by atoms with Crippen LogP contribution in [0, 0.1) is 0 Å². The van der Waals surface area contributed by atoms with Crippen LogP contribution in [0.25, 0.3) is 0 Å². The van der Waals surface area contributed by atoms with Crippen molar-refractivity contribution in [2.45, 2.75) is 31.9 Å². The summed E-state index contributed by atoms with van der Waals surface area (Å²) in [4.78, 5) is 4.93. The fraction of sp³-hybridized carbons (Fsp3) is 1.00. The van der Waals surface area contributed by atoms with Crippen LogP contribution in [0.5, 0.6) is 0 Å². The second-order valence-electron chi connectivity index (χ2n) is 5.32. The number of nitrogens with one attached hydrogen (secondary N) is 1. The van der Waals surface area contributed by atoms with Crippen molar-refractivity contribution in [2.75, 3.05) is 52.9 Å². The molecule has 1 aliphatic heterocycles. The summed E-state index contributed by atoms with van der Waals surface area (Å²) >= 11 is 0. The van der Waals surface area contributed by atoms with Crippen molar-refractivity contribution >= 4 is 0 Å². The van der Waals surface area contributed by atoms with Crippen LogP contribution >= 0.6 is 0 Å². The zero-order valence-electron chi connectivity index (χ0n) is 11.3. The number of likely N-dealkylation sites (N-methyl/N-ethyl adjacent to an activating group) is 2. The maximum absolute atomic E-state index is 5.72. The Balaban J connectivity index is 1.53. The van der Waals surface area contributed by atoms with Crippen molar-refractivity contribution in [3.8, 4) is 0 Å². The molecule has 0 aromatic carbocycles. The summed E-state index contributed by atoms with van der Waals surface area (Å²) < 4.78 is 5.72. The van der Waals surface area contributed by atoms with Gasteiger partial charge in [-0.3, -0.25) is 4.90 Å². The monoisotopic (exact) mass is 241 g/mol. The highest BCUT2D eigenvalue weighted by atomic mass is 16.5. The largest absolute Gasteiger partial charge is 0.374 e. The maximum atomic E-state index is 5.72. The Morgan fingerprint density at radius 1 is 1.41 bits per heavy atom. The molecule has 1 heterocycles. The molecular weight excluding hydrogens is 214 g/mol. The lowest BCUT2D eigenvalue weighted by Gasteiger charge is -2.30. The highest BCUT2D eigenvalue weighted by Gasteiger charge is 2.27. The second kappa shape index (κ2) is 6.69. The molecule has 0 amide bonds. The van der Waals surface area contributed by atoms with Crippen molar-refractivity contribution in [3.05, 3.63) is 0 Å². The average Bonchev–Trinajstić information content (AvgIpc) is 3.13. The lowest BCUT2D eigenvalue weighted by atomic mass is 10.3. The molecule has 1 N–H and O–H groups in total. The lowest BCUT2D eigenvalue weighted by Crippen LogP contribution is -2.46. The number of morpholine rings is 1. The van der Waals surface area contributed by atoms with Crippen molar-refractivity contribution < 1.29 is 4.74 Å². The molecule has 0 aromatic rings. The van der Waals surface area contributed by atoms with Gasteiger partial charge in [-0.2, -0.15) is 0 Å². The van der Waals surface area contributed by atoms with Crippen LogP contribution in [-0.4, -0.2) is 74.9 Å². The van der Waals surface area contributed by atoms with Crippen molar-refractivity contribution in [1.82, 2.24) is 15.1 Å². The Morgan fingerprint density at radius 3 is 2.88 bits per heavy atom. The van der Waals surface area contributed by atoms with E-state index in [-0.39, 0.29) is 0 Å². The van der Waals surface area contributed by atoms with Crippen LogP contribution in [0.15, 0.2) is 0 Å². The summed E-state index contributed by atoms with van der Waals surface area (Å²) in [5.41, 5.74) is 0. The van der Waals surface area contributed by atoms with E-state index in [0.29, 0.717) is 6.10 Å². The molecule has 2 aliphatic rings. The molecular formula is C13H27N3O. The van der Waals surface area contributed by atoms with E-state index < -0.39 is 0 Å². The van der Waals surface area contributed by atoms with Gasteiger partial charge in [0.2, 0.25) is 0 Å². The predicted octanol–water partition coefficient (Wildman–Crippen LogP) is 0.391. The third-order valence-electron chi connectivity index (χ3n) is 3.76. The van der Waals surface area contributed by atoms with E-state index in [2.05, 4.69) is 29.1 Å². The quantitative estimate of drug-likeness (QED) is 0.653. The summed E-state index contributed by atoms with van der Waals surface area (Å²) in [6, 6.07) is 0.888. The normalized spacial score (nSPS) is 26.6. The minimum absolute atomic E-state index is 0.379. The van der Waals surface area contributed by atoms with Crippen LogP contribution in [0.1, 0.15) is 19.8 Å². The molecule has 4 nitrogen and oxygen atoms in total. The summed E-state index contributed by atoms with van der Waals surface area (Å²) in [7, 11) is 2.17. The zero-order valence-corrected chi connectivity index (χ0v) is 11.3. The minimum Gasteiger partial charge on any atom is -0.374 e. The fourth-order valence-electron chi connectivity index (χ4n) is 2.51. The van der Waals surface area contributed by atoms with Crippen LogP contribution in [-0.2, 0) is 4.74 Å². The van der Waals surface area contributed by atoms with Gasteiger partial charge in [-0.05, 0) is 26.4 Å². The first-order valence-electron chi connectivity index (χ1n) is 7.04. The van der Waals surface area contributed by atoms with Crippen molar-refractivity contribution in [3.63, 3.8) is 0 Å². The number of ether oxygens (including phenoxy) is 1. The first-order chi connectivity index (χ1) is 8.29.